The molecule has 0 unspecified atom stereocenters. The van der Waals surface area contributed by atoms with Crippen LogP contribution in [0.3, 0.4) is 0 Å². The number of carbonyl (C=O) groups excluding carboxylic acids is 1. The first kappa shape index (κ1) is 21.4. The van der Waals surface area contributed by atoms with Crippen molar-refractivity contribution in [1.82, 2.24) is 14.8 Å². The third-order valence-corrected chi connectivity index (χ3v) is 6.50. The number of hydrogen-bond donors (Lipinski definition) is 0. The predicted octanol–water partition coefficient (Wildman–Crippen LogP) is 4.51. The van der Waals surface area contributed by atoms with E-state index in [9.17, 15) is 4.79 Å². The first-order valence-electron chi connectivity index (χ1n) is 10.8. The monoisotopic (exact) mass is 436 g/mol. The molecule has 0 fully saturated rings. The van der Waals surface area contributed by atoms with Gasteiger partial charge in [0.2, 0.25) is 5.91 Å². The summed E-state index contributed by atoms with van der Waals surface area (Å²) in [6.45, 7) is 6.03. The lowest BCUT2D eigenvalue weighted by Gasteiger charge is -2.29. The van der Waals surface area contributed by atoms with Gasteiger partial charge in [-0.2, -0.15) is 0 Å². The number of rotatable bonds is 8. The average Bonchev–Trinajstić information content (AvgIpc) is 3.22. The molecular weight excluding hydrogens is 408 g/mol. The Balaban J connectivity index is 1.38. The molecule has 1 amide bonds. The standard InChI is InChI=1S/C24H28N4O2S/c1-3-18-11-13-20(14-12-18)30-16-22-25-26-24(27(22)4-2)31-17-23(29)28-15-7-9-19-8-5-6-10-21(19)28/h5-6,8,10-14H,3-4,7,9,15-17H2,1-2H3. The normalized spacial score (nSPS) is 13.2. The van der Waals surface area contributed by atoms with Crippen LogP contribution in [-0.4, -0.2) is 33.0 Å². The van der Waals surface area contributed by atoms with Gasteiger partial charge >= 0.3 is 0 Å². The fourth-order valence-corrected chi connectivity index (χ4v) is 4.71. The predicted molar refractivity (Wildman–Crippen MR) is 124 cm³/mol. The average molecular weight is 437 g/mol. The summed E-state index contributed by atoms with van der Waals surface area (Å²) in [6.07, 6.45) is 3.04. The smallest absolute Gasteiger partial charge is 0.237 e. The summed E-state index contributed by atoms with van der Waals surface area (Å²) in [5.74, 6) is 2.03. The molecule has 4 rings (SSSR count). The van der Waals surface area contributed by atoms with E-state index < -0.39 is 0 Å². The maximum atomic E-state index is 12.9. The lowest BCUT2D eigenvalue weighted by molar-refractivity contribution is -0.116. The molecule has 0 saturated heterocycles. The van der Waals surface area contributed by atoms with Gasteiger partial charge in [-0.05, 0) is 55.5 Å². The van der Waals surface area contributed by atoms with Gasteiger partial charge in [-0.15, -0.1) is 10.2 Å². The van der Waals surface area contributed by atoms with Gasteiger partial charge in [0.25, 0.3) is 0 Å². The maximum Gasteiger partial charge on any atom is 0.237 e. The number of hydrogen-bond acceptors (Lipinski definition) is 5. The number of amides is 1. The van der Waals surface area contributed by atoms with Gasteiger partial charge in [-0.25, -0.2) is 0 Å². The highest BCUT2D eigenvalue weighted by molar-refractivity contribution is 7.99. The highest BCUT2D eigenvalue weighted by Gasteiger charge is 2.23. The minimum atomic E-state index is 0.108. The van der Waals surface area contributed by atoms with Crippen molar-refractivity contribution in [3.8, 4) is 5.75 Å². The van der Waals surface area contributed by atoms with E-state index in [0.29, 0.717) is 12.4 Å². The van der Waals surface area contributed by atoms with Crippen molar-refractivity contribution >= 4 is 23.4 Å². The van der Waals surface area contributed by atoms with Gasteiger partial charge in [0.15, 0.2) is 11.0 Å². The Labute approximate surface area is 187 Å². The topological polar surface area (TPSA) is 60.3 Å². The Kier molecular flexibility index (Phi) is 6.92. The number of para-hydroxylation sites is 1. The van der Waals surface area contributed by atoms with E-state index in [-0.39, 0.29) is 5.91 Å². The molecule has 0 radical (unpaired) electrons. The number of aryl methyl sites for hydroxylation is 2. The molecule has 6 nitrogen and oxygen atoms in total. The highest BCUT2D eigenvalue weighted by Crippen LogP contribution is 2.28. The van der Waals surface area contributed by atoms with Crippen molar-refractivity contribution in [1.29, 1.82) is 0 Å². The Bertz CT molecular complexity index is 1030. The van der Waals surface area contributed by atoms with Crippen LogP contribution in [-0.2, 0) is 30.8 Å². The minimum Gasteiger partial charge on any atom is -0.486 e. The Hall–Kier alpha value is -2.80. The number of thioether (sulfide) groups is 1. The van der Waals surface area contributed by atoms with E-state index >= 15 is 0 Å². The van der Waals surface area contributed by atoms with Crippen LogP contribution in [0.5, 0.6) is 5.75 Å². The number of ether oxygens (including phenoxy) is 1. The van der Waals surface area contributed by atoms with E-state index in [1.807, 2.05) is 39.8 Å². The van der Waals surface area contributed by atoms with Crippen molar-refractivity contribution < 1.29 is 9.53 Å². The van der Waals surface area contributed by atoms with E-state index in [4.69, 9.17) is 4.74 Å². The molecule has 1 aromatic heterocycles. The largest absolute Gasteiger partial charge is 0.486 e. The summed E-state index contributed by atoms with van der Waals surface area (Å²) < 4.78 is 7.92. The zero-order chi connectivity index (χ0) is 21.6. The van der Waals surface area contributed by atoms with Crippen molar-refractivity contribution in [3.63, 3.8) is 0 Å². The Morgan fingerprint density at radius 1 is 1.10 bits per heavy atom. The second kappa shape index (κ2) is 10.0. The van der Waals surface area contributed by atoms with Gasteiger partial charge in [0.05, 0.1) is 5.75 Å². The van der Waals surface area contributed by atoms with Crippen LogP contribution in [0.15, 0.2) is 53.7 Å². The maximum absolute atomic E-state index is 12.9. The molecule has 2 heterocycles. The van der Waals surface area contributed by atoms with E-state index in [1.165, 1.54) is 22.9 Å². The van der Waals surface area contributed by atoms with Crippen molar-refractivity contribution in [3.05, 3.63) is 65.5 Å². The number of nitrogens with zero attached hydrogens (tertiary/aromatic N) is 4. The number of benzene rings is 2. The molecule has 0 spiro atoms. The fourth-order valence-electron chi connectivity index (χ4n) is 3.82. The number of fused-ring (bicyclic) bond motifs is 1. The molecular formula is C24H28N4O2S. The lowest BCUT2D eigenvalue weighted by Crippen LogP contribution is -2.36. The van der Waals surface area contributed by atoms with Gasteiger partial charge in [0.1, 0.15) is 12.4 Å². The summed E-state index contributed by atoms with van der Waals surface area (Å²) in [5, 5.41) is 9.37. The summed E-state index contributed by atoms with van der Waals surface area (Å²) in [7, 11) is 0. The van der Waals surface area contributed by atoms with Gasteiger partial charge in [-0.1, -0.05) is 49.0 Å². The second-order valence-corrected chi connectivity index (χ2v) is 8.44. The van der Waals surface area contributed by atoms with Gasteiger partial charge in [-0.3, -0.25) is 4.79 Å². The van der Waals surface area contributed by atoms with Crippen LogP contribution in [0, 0.1) is 0 Å². The van der Waals surface area contributed by atoms with Crippen LogP contribution < -0.4 is 9.64 Å². The molecule has 0 N–H and O–H groups in total. The van der Waals surface area contributed by atoms with Crippen LogP contribution in [0.4, 0.5) is 5.69 Å². The summed E-state index contributed by atoms with van der Waals surface area (Å²) >= 11 is 1.44. The van der Waals surface area contributed by atoms with E-state index in [0.717, 1.165) is 54.8 Å². The van der Waals surface area contributed by atoms with Crippen LogP contribution in [0.2, 0.25) is 0 Å². The molecule has 0 bridgehead atoms. The molecule has 7 heteroatoms. The first-order chi connectivity index (χ1) is 15.2. The second-order valence-electron chi connectivity index (χ2n) is 7.50. The molecule has 3 aromatic rings. The molecule has 1 aliphatic rings. The van der Waals surface area contributed by atoms with Gasteiger partial charge < -0.3 is 14.2 Å². The molecule has 162 valence electrons. The number of carbonyl (C=O) groups is 1. The molecule has 0 aliphatic carbocycles. The van der Waals surface area contributed by atoms with Crippen LogP contribution >= 0.6 is 11.8 Å². The summed E-state index contributed by atoms with van der Waals surface area (Å²) in [6, 6.07) is 16.3. The van der Waals surface area contributed by atoms with Crippen molar-refractivity contribution in [2.75, 3.05) is 17.2 Å². The number of anilines is 1. The third-order valence-electron chi connectivity index (χ3n) is 5.55. The van der Waals surface area contributed by atoms with Gasteiger partial charge in [0, 0.05) is 18.8 Å². The van der Waals surface area contributed by atoms with Crippen molar-refractivity contribution in [2.24, 2.45) is 0 Å². The van der Waals surface area contributed by atoms with Crippen LogP contribution in [0.25, 0.3) is 0 Å². The highest BCUT2D eigenvalue weighted by atomic mass is 32.2. The molecule has 31 heavy (non-hydrogen) atoms. The van der Waals surface area contributed by atoms with Crippen LogP contribution in [0.1, 0.15) is 37.2 Å². The Morgan fingerprint density at radius 3 is 2.68 bits per heavy atom. The quantitative estimate of drug-likeness (QED) is 0.486. The summed E-state index contributed by atoms with van der Waals surface area (Å²) in [5.41, 5.74) is 3.57. The zero-order valence-electron chi connectivity index (χ0n) is 18.1. The van der Waals surface area contributed by atoms with E-state index in [2.05, 4.69) is 42.2 Å². The first-order valence-corrected chi connectivity index (χ1v) is 11.8. The summed E-state index contributed by atoms with van der Waals surface area (Å²) in [4.78, 5) is 14.8. The fraction of sp³-hybridized carbons (Fsp3) is 0.375. The lowest BCUT2D eigenvalue weighted by atomic mass is 10.0. The molecule has 2 aromatic carbocycles. The number of aromatic nitrogens is 3. The van der Waals surface area contributed by atoms with E-state index in [1.54, 1.807) is 0 Å². The molecule has 0 saturated carbocycles. The zero-order valence-corrected chi connectivity index (χ0v) is 18.9. The molecule has 0 atom stereocenters. The third kappa shape index (κ3) is 4.93. The van der Waals surface area contributed by atoms with Crippen molar-refractivity contribution in [2.45, 2.75) is 51.4 Å². The Morgan fingerprint density at radius 2 is 1.90 bits per heavy atom. The SMILES string of the molecule is CCc1ccc(OCc2nnc(SCC(=O)N3CCCc4ccccc43)n2CC)cc1. The molecule has 1 aliphatic heterocycles. The minimum absolute atomic E-state index is 0.108.